The molecule has 0 radical (unpaired) electrons. The number of β-lactam (4-membered cyclic amide) rings is 1. The Hall–Kier alpha value is -5.40. The highest BCUT2D eigenvalue weighted by Crippen LogP contribution is 2.41. The van der Waals surface area contributed by atoms with Crippen LogP contribution in [-0.2, 0) is 37.0 Å². The second-order valence-corrected chi connectivity index (χ2v) is 14.7. The summed E-state index contributed by atoms with van der Waals surface area (Å²) in [6.45, 7) is 2.88. The lowest BCUT2D eigenvalue weighted by molar-refractivity contribution is -0.695. The summed E-state index contributed by atoms with van der Waals surface area (Å²) in [5.74, 6) is -5.67. The summed E-state index contributed by atoms with van der Waals surface area (Å²) in [6.07, 6.45) is 2.87. The van der Waals surface area contributed by atoms with Crippen molar-refractivity contribution in [1.82, 2.24) is 15.2 Å². The summed E-state index contributed by atoms with van der Waals surface area (Å²) in [5.41, 5.74) is 4.95. The molecule has 0 aliphatic carbocycles. The van der Waals surface area contributed by atoms with Crippen LogP contribution in [0.15, 0.2) is 52.3 Å². The first kappa shape index (κ1) is 36.4. The molecule has 272 valence electrons. The molecule has 0 saturated carbocycles. The van der Waals surface area contributed by atoms with Gasteiger partial charge >= 0.3 is 11.9 Å². The fourth-order valence-electron chi connectivity index (χ4n) is 5.86. The monoisotopic (exact) mass is 772 g/mol. The lowest BCUT2D eigenvalue weighted by atomic mass is 10.0. The Labute approximate surface area is 307 Å². The number of hydrogen-bond acceptors (Lipinski definition) is 13. The molecule has 5 heterocycles. The summed E-state index contributed by atoms with van der Waals surface area (Å²) in [6, 6.07) is 4.79. The second-order valence-electron chi connectivity index (χ2n) is 12.4. The van der Waals surface area contributed by atoms with Gasteiger partial charge in [0.15, 0.2) is 35.1 Å². The number of anilines is 2. The Balaban J connectivity index is 1.24. The first-order valence-electron chi connectivity index (χ1n) is 15.6. The molecule has 2 aromatic heterocycles. The highest BCUT2D eigenvalue weighted by molar-refractivity contribution is 8.00. The number of aliphatic carboxylic acids is 2. The maximum atomic E-state index is 13.6. The maximum Gasteiger partial charge on any atom is 0.352 e. The largest absolute Gasteiger partial charge is 0.504 e. The lowest BCUT2D eigenvalue weighted by Crippen LogP contribution is -2.71. The number of carboxylic acid groups (broad SMARTS) is 2. The molecule has 2 atom stereocenters. The highest BCUT2D eigenvalue weighted by Gasteiger charge is 2.55. The normalized spacial score (nSPS) is 18.7. The quantitative estimate of drug-likeness (QED) is 0.0565. The number of benzene rings is 1. The maximum absolute atomic E-state index is 13.6. The van der Waals surface area contributed by atoms with Crippen molar-refractivity contribution in [2.45, 2.75) is 50.3 Å². The molecule has 7 N–H and O–H groups in total. The fraction of sp³-hybridized carbons (Fsp3) is 0.312. The van der Waals surface area contributed by atoms with E-state index in [0.29, 0.717) is 30.6 Å². The van der Waals surface area contributed by atoms with Crippen molar-refractivity contribution in [3.05, 3.63) is 69.1 Å². The van der Waals surface area contributed by atoms with Crippen LogP contribution in [0.5, 0.6) is 11.5 Å². The first-order valence-corrected chi connectivity index (χ1v) is 17.9. The molecular weight excluding hydrogens is 742 g/mol. The van der Waals surface area contributed by atoms with Crippen LogP contribution in [0.2, 0.25) is 5.02 Å². The predicted octanol–water partition coefficient (Wildman–Crippen LogP) is 1.69. The fourth-order valence-corrected chi connectivity index (χ4v) is 7.98. The van der Waals surface area contributed by atoms with Crippen LogP contribution in [-0.4, -0.2) is 95.0 Å². The smallest absolute Gasteiger partial charge is 0.352 e. The van der Waals surface area contributed by atoms with E-state index in [1.165, 1.54) is 48.0 Å². The van der Waals surface area contributed by atoms with E-state index in [4.69, 9.17) is 22.2 Å². The minimum absolute atomic E-state index is 0.00510. The SMILES string of the molecule is CC(C)(ON=C(C(=O)N[C@@H]1C(=O)N2C(C(=O)O)=C(C[n+]3cccc4c3CCCN4C(=O)c3ccc(O)c(O)c3Cl)CS[C@H]12)c1csc(N)n1)C(=O)O. The minimum Gasteiger partial charge on any atom is -0.504 e. The number of phenolic OH excluding ortho intramolecular Hbond substituents is 2. The number of hydrogen-bond donors (Lipinski definition) is 6. The van der Waals surface area contributed by atoms with Crippen molar-refractivity contribution in [1.29, 1.82) is 0 Å². The molecule has 1 aromatic carbocycles. The Morgan fingerprint density at radius 2 is 1.96 bits per heavy atom. The number of phenols is 2. The molecule has 3 amide bonds. The van der Waals surface area contributed by atoms with Crippen molar-refractivity contribution < 1.29 is 53.8 Å². The molecule has 0 spiro atoms. The van der Waals surface area contributed by atoms with Crippen molar-refractivity contribution in [3.63, 3.8) is 0 Å². The number of rotatable bonds is 10. The van der Waals surface area contributed by atoms with E-state index >= 15 is 0 Å². The van der Waals surface area contributed by atoms with E-state index < -0.39 is 63.9 Å². The van der Waals surface area contributed by atoms with Crippen molar-refractivity contribution in [2.24, 2.45) is 5.16 Å². The average molecular weight is 773 g/mol. The number of halogens is 1. The van der Waals surface area contributed by atoms with Crippen LogP contribution in [0.3, 0.4) is 0 Å². The molecule has 1 saturated heterocycles. The van der Waals surface area contributed by atoms with Gasteiger partial charge in [0, 0.05) is 35.7 Å². The van der Waals surface area contributed by atoms with Gasteiger partial charge in [0.25, 0.3) is 17.7 Å². The molecule has 3 aliphatic rings. The van der Waals surface area contributed by atoms with Crippen LogP contribution in [0.1, 0.15) is 42.0 Å². The van der Waals surface area contributed by atoms with Crippen molar-refractivity contribution >= 4 is 80.9 Å². The van der Waals surface area contributed by atoms with Crippen LogP contribution >= 0.6 is 34.7 Å². The number of nitrogens with one attached hydrogen (secondary N) is 1. The van der Waals surface area contributed by atoms with E-state index in [0.717, 1.165) is 21.9 Å². The number of carbonyl (C=O) groups excluding carboxylic acids is 3. The summed E-state index contributed by atoms with van der Waals surface area (Å²) in [5, 5.41) is 46.3. The molecular formula is C32H31ClN7O10S2+. The van der Waals surface area contributed by atoms with Gasteiger partial charge in [-0.2, -0.15) is 4.57 Å². The number of aromatic nitrogens is 2. The molecule has 17 nitrogen and oxygen atoms in total. The Morgan fingerprint density at radius 3 is 2.63 bits per heavy atom. The number of pyridine rings is 1. The van der Waals surface area contributed by atoms with Crippen LogP contribution < -0.4 is 20.5 Å². The van der Waals surface area contributed by atoms with Gasteiger partial charge in [0.2, 0.25) is 11.3 Å². The zero-order valence-electron chi connectivity index (χ0n) is 27.4. The second kappa shape index (κ2) is 14.0. The standard InChI is InChI=1S/C32H30ClN7O10S2/c1-32(2,30(48)49)50-37-21(16-13-52-31(34)35-16)25(43)36-22-27(45)40-23(29(46)47)14(12-51-28(22)40)11-38-9-3-6-18-17(38)5-4-10-39(18)26(44)15-7-8-19(41)24(42)20(15)33/h3,6-9,13,22,28H,4-5,10-12H2,1-2H3,(H6-,34,35,36,37,41,42,43,44,46,47,48,49)/p+1/t22-,28-/m1/s1. The summed E-state index contributed by atoms with van der Waals surface area (Å²) >= 11 is 8.44. The topological polar surface area (TPSA) is 249 Å². The molecule has 52 heavy (non-hydrogen) atoms. The molecule has 3 aromatic rings. The van der Waals surface area contributed by atoms with Gasteiger partial charge in [-0.15, -0.1) is 23.1 Å². The number of nitrogen functional groups attached to an aromatic ring is 1. The summed E-state index contributed by atoms with van der Waals surface area (Å²) < 4.78 is 1.81. The van der Waals surface area contributed by atoms with E-state index in [9.17, 15) is 44.4 Å². The Kier molecular flexibility index (Phi) is 9.77. The van der Waals surface area contributed by atoms with Gasteiger partial charge in [0.05, 0.1) is 10.6 Å². The van der Waals surface area contributed by atoms with E-state index in [1.807, 2.05) is 4.57 Å². The number of amides is 3. The van der Waals surface area contributed by atoms with Gasteiger partial charge in [-0.3, -0.25) is 19.3 Å². The molecule has 20 heteroatoms. The molecule has 3 aliphatic heterocycles. The van der Waals surface area contributed by atoms with Crippen molar-refractivity contribution in [3.8, 4) is 11.5 Å². The zero-order valence-corrected chi connectivity index (χ0v) is 29.8. The number of carboxylic acids is 2. The summed E-state index contributed by atoms with van der Waals surface area (Å²) in [7, 11) is 0. The van der Waals surface area contributed by atoms with Crippen molar-refractivity contribution in [2.75, 3.05) is 22.9 Å². The third-order valence-corrected chi connectivity index (χ3v) is 11.0. The minimum atomic E-state index is -1.80. The number of aromatic hydroxyl groups is 2. The van der Waals surface area contributed by atoms with Gasteiger partial charge < -0.3 is 41.2 Å². The number of thioether (sulfide) groups is 1. The average Bonchev–Trinajstić information content (AvgIpc) is 3.54. The van der Waals surface area contributed by atoms with Crippen LogP contribution in [0.4, 0.5) is 10.8 Å². The number of carbonyl (C=O) groups is 5. The number of nitrogens with two attached hydrogens (primary N) is 1. The third-order valence-electron chi connectivity index (χ3n) is 8.58. The van der Waals surface area contributed by atoms with Gasteiger partial charge in [-0.1, -0.05) is 16.8 Å². The predicted molar refractivity (Wildman–Crippen MR) is 187 cm³/mol. The number of thiazole rings is 1. The zero-order chi connectivity index (χ0) is 37.6. The van der Waals surface area contributed by atoms with Gasteiger partial charge in [-0.25, -0.2) is 14.6 Å². The van der Waals surface area contributed by atoms with Gasteiger partial charge in [-0.05, 0) is 38.5 Å². The Bertz CT molecular complexity index is 2100. The number of fused-ring (bicyclic) bond motifs is 2. The van der Waals surface area contributed by atoms with Gasteiger partial charge in [0.1, 0.15) is 28.5 Å². The van der Waals surface area contributed by atoms with Crippen LogP contribution in [0, 0.1) is 0 Å². The first-order chi connectivity index (χ1) is 24.6. The Morgan fingerprint density at radius 1 is 1.21 bits per heavy atom. The van der Waals surface area contributed by atoms with Crippen LogP contribution in [0.25, 0.3) is 0 Å². The van der Waals surface area contributed by atoms with E-state index in [-0.39, 0.29) is 39.4 Å². The third kappa shape index (κ3) is 6.57. The molecule has 0 unspecified atom stereocenters. The molecule has 1 fully saturated rings. The van der Waals surface area contributed by atoms with E-state index in [2.05, 4.69) is 15.5 Å². The highest BCUT2D eigenvalue weighted by atomic mass is 35.5. The number of nitrogens with zero attached hydrogens (tertiary/aromatic N) is 5. The van der Waals surface area contributed by atoms with E-state index in [1.54, 1.807) is 18.3 Å². The molecule has 0 bridgehead atoms. The lowest BCUT2D eigenvalue weighted by Gasteiger charge is -2.49. The summed E-state index contributed by atoms with van der Waals surface area (Å²) in [4.78, 5) is 76.5. The number of oxime groups is 1. The molecule has 6 rings (SSSR count).